The second kappa shape index (κ2) is 9.15. The molecule has 1 fully saturated rings. The van der Waals surface area contributed by atoms with Crippen LogP contribution in [0.3, 0.4) is 0 Å². The van der Waals surface area contributed by atoms with Crippen LogP contribution in [0.25, 0.3) is 11.3 Å². The molecule has 0 N–H and O–H groups in total. The normalized spacial score (nSPS) is 15.7. The van der Waals surface area contributed by atoms with Gasteiger partial charge >= 0.3 is 0 Å². The molecule has 0 aliphatic carbocycles. The average molecular weight is 408 g/mol. The molecule has 0 unspecified atom stereocenters. The first-order valence-corrected chi connectivity index (χ1v) is 11.2. The van der Waals surface area contributed by atoms with Crippen molar-refractivity contribution in [2.45, 2.75) is 52.1 Å². The average Bonchev–Trinajstić information content (AvgIpc) is 3.14. The van der Waals surface area contributed by atoms with Gasteiger partial charge in [-0.1, -0.05) is 61.0 Å². The molecule has 3 nitrogen and oxygen atoms in total. The third-order valence-corrected chi connectivity index (χ3v) is 6.33. The van der Waals surface area contributed by atoms with Crippen molar-refractivity contribution in [3.8, 4) is 11.3 Å². The van der Waals surface area contributed by atoms with Crippen molar-refractivity contribution in [2.75, 3.05) is 13.1 Å². The third kappa shape index (κ3) is 4.41. The lowest BCUT2D eigenvalue weighted by molar-refractivity contribution is 0.202. The molecule has 0 saturated carbocycles. The van der Waals surface area contributed by atoms with Crippen LogP contribution in [0.1, 0.15) is 49.4 Å². The van der Waals surface area contributed by atoms with Gasteiger partial charge in [-0.3, -0.25) is 9.58 Å². The lowest BCUT2D eigenvalue weighted by atomic mass is 9.89. The van der Waals surface area contributed by atoms with Crippen LogP contribution in [-0.2, 0) is 19.5 Å². The maximum atomic E-state index is 6.12. The zero-order chi connectivity index (χ0) is 20.2. The molecule has 0 atom stereocenters. The molecule has 1 aromatic heterocycles. The fraction of sp³-hybridized carbons (Fsp3) is 0.400. The van der Waals surface area contributed by atoms with E-state index < -0.39 is 0 Å². The Morgan fingerprint density at radius 1 is 0.966 bits per heavy atom. The molecule has 3 aromatic rings. The minimum Gasteiger partial charge on any atom is -0.299 e. The van der Waals surface area contributed by atoms with Crippen molar-refractivity contribution in [3.05, 3.63) is 76.4 Å². The number of hydrogen-bond acceptors (Lipinski definition) is 2. The Hall–Kier alpha value is -2.10. The van der Waals surface area contributed by atoms with Gasteiger partial charge in [-0.25, -0.2) is 0 Å². The van der Waals surface area contributed by atoms with Crippen molar-refractivity contribution < 1.29 is 0 Å². The van der Waals surface area contributed by atoms with Gasteiger partial charge in [-0.2, -0.15) is 5.10 Å². The van der Waals surface area contributed by atoms with E-state index in [1.54, 1.807) is 0 Å². The summed E-state index contributed by atoms with van der Waals surface area (Å²) in [6, 6.07) is 19.0. The molecule has 1 aliphatic heterocycles. The van der Waals surface area contributed by atoms with E-state index in [4.69, 9.17) is 16.7 Å². The van der Waals surface area contributed by atoms with Crippen LogP contribution in [-0.4, -0.2) is 27.8 Å². The summed E-state index contributed by atoms with van der Waals surface area (Å²) in [5.74, 6) is 0.552. The van der Waals surface area contributed by atoms with Crippen molar-refractivity contribution in [3.63, 3.8) is 0 Å². The van der Waals surface area contributed by atoms with Gasteiger partial charge in [0.25, 0.3) is 0 Å². The van der Waals surface area contributed by atoms with Crippen molar-refractivity contribution >= 4 is 11.6 Å². The molecule has 4 rings (SSSR count). The molecule has 4 heteroatoms. The number of rotatable bonds is 6. The van der Waals surface area contributed by atoms with Gasteiger partial charge in [0.1, 0.15) is 0 Å². The molecule has 1 aliphatic rings. The Bertz CT molecular complexity index is 923. The quantitative estimate of drug-likeness (QED) is 0.487. The van der Waals surface area contributed by atoms with E-state index in [-0.39, 0.29) is 0 Å². The Morgan fingerprint density at radius 2 is 1.66 bits per heavy atom. The Kier molecular flexibility index (Phi) is 6.37. The molecular formula is C25H30ClN3. The smallest absolute Gasteiger partial charge is 0.0717 e. The minimum absolute atomic E-state index is 0.552. The third-order valence-electron chi connectivity index (χ3n) is 6.08. The number of halogens is 1. The van der Waals surface area contributed by atoms with Gasteiger partial charge in [0.2, 0.25) is 0 Å². The molecule has 0 amide bonds. The van der Waals surface area contributed by atoms with Crippen LogP contribution in [0.5, 0.6) is 0 Å². The molecule has 2 heterocycles. The lowest BCUT2D eigenvalue weighted by Crippen LogP contribution is -2.32. The van der Waals surface area contributed by atoms with E-state index in [9.17, 15) is 0 Å². The highest BCUT2D eigenvalue weighted by Gasteiger charge is 2.27. The van der Waals surface area contributed by atoms with Crippen LogP contribution < -0.4 is 0 Å². The van der Waals surface area contributed by atoms with E-state index >= 15 is 0 Å². The number of aromatic nitrogens is 2. The monoisotopic (exact) mass is 407 g/mol. The minimum atomic E-state index is 0.552. The molecule has 29 heavy (non-hydrogen) atoms. The summed E-state index contributed by atoms with van der Waals surface area (Å²) in [7, 11) is 0. The van der Waals surface area contributed by atoms with E-state index in [1.807, 2.05) is 12.1 Å². The summed E-state index contributed by atoms with van der Waals surface area (Å²) in [5, 5.41) is 5.87. The molecule has 0 spiro atoms. The fourth-order valence-corrected chi connectivity index (χ4v) is 4.69. The topological polar surface area (TPSA) is 21.1 Å². The SMILES string of the molecule is CCc1c(C2CCN(Cc3ccccc3)CC2)nn(CC)c1-c1ccc(Cl)cc1. The van der Waals surface area contributed by atoms with E-state index in [2.05, 4.69) is 65.9 Å². The molecular weight excluding hydrogens is 378 g/mol. The second-order valence-electron chi connectivity index (χ2n) is 7.92. The summed E-state index contributed by atoms with van der Waals surface area (Å²) >= 11 is 6.12. The van der Waals surface area contributed by atoms with Crippen molar-refractivity contribution in [1.82, 2.24) is 14.7 Å². The number of benzene rings is 2. The predicted molar refractivity (Wildman–Crippen MR) is 121 cm³/mol. The zero-order valence-electron chi connectivity index (χ0n) is 17.4. The van der Waals surface area contributed by atoms with Gasteiger partial charge < -0.3 is 0 Å². The number of hydrogen-bond donors (Lipinski definition) is 0. The molecule has 0 radical (unpaired) electrons. The highest BCUT2D eigenvalue weighted by Crippen LogP contribution is 2.36. The maximum absolute atomic E-state index is 6.12. The van der Waals surface area contributed by atoms with Crippen LogP contribution in [0.15, 0.2) is 54.6 Å². The Morgan fingerprint density at radius 3 is 2.28 bits per heavy atom. The molecule has 2 aromatic carbocycles. The summed E-state index contributed by atoms with van der Waals surface area (Å²) in [6.07, 6.45) is 3.37. The van der Waals surface area contributed by atoms with Crippen LogP contribution in [0.4, 0.5) is 0 Å². The molecule has 152 valence electrons. The highest BCUT2D eigenvalue weighted by atomic mass is 35.5. The van der Waals surface area contributed by atoms with E-state index in [1.165, 1.54) is 40.9 Å². The largest absolute Gasteiger partial charge is 0.299 e. The zero-order valence-corrected chi connectivity index (χ0v) is 18.2. The van der Waals surface area contributed by atoms with Gasteiger partial charge in [-0.05, 0) is 57.0 Å². The first kappa shape index (κ1) is 20.2. The lowest BCUT2D eigenvalue weighted by Gasteiger charge is -2.31. The maximum Gasteiger partial charge on any atom is 0.0717 e. The van der Waals surface area contributed by atoms with Crippen LogP contribution in [0.2, 0.25) is 5.02 Å². The van der Waals surface area contributed by atoms with Crippen LogP contribution >= 0.6 is 11.6 Å². The Labute approximate surface area is 179 Å². The van der Waals surface area contributed by atoms with Crippen molar-refractivity contribution in [1.29, 1.82) is 0 Å². The summed E-state index contributed by atoms with van der Waals surface area (Å²) in [6.45, 7) is 8.64. The number of aryl methyl sites for hydroxylation is 1. The predicted octanol–water partition coefficient (Wildman–Crippen LogP) is 6.17. The fourth-order valence-electron chi connectivity index (χ4n) is 4.56. The number of likely N-dealkylation sites (tertiary alicyclic amines) is 1. The number of nitrogens with zero attached hydrogens (tertiary/aromatic N) is 3. The van der Waals surface area contributed by atoms with Crippen LogP contribution in [0, 0.1) is 0 Å². The van der Waals surface area contributed by atoms with E-state index in [0.717, 1.165) is 37.6 Å². The standard InChI is InChI=1S/C25H30ClN3/c1-3-23-24(27-29(4-2)25(23)21-10-12-22(26)13-11-21)20-14-16-28(17-15-20)18-19-8-6-5-7-9-19/h5-13,20H,3-4,14-18H2,1-2H3. The Balaban J connectivity index is 1.54. The van der Waals surface area contributed by atoms with Gasteiger partial charge in [-0.15, -0.1) is 0 Å². The second-order valence-corrected chi connectivity index (χ2v) is 8.36. The first-order valence-electron chi connectivity index (χ1n) is 10.8. The van der Waals surface area contributed by atoms with Gasteiger partial charge in [0.15, 0.2) is 0 Å². The molecule has 1 saturated heterocycles. The summed E-state index contributed by atoms with van der Waals surface area (Å²) < 4.78 is 2.19. The van der Waals surface area contributed by atoms with Gasteiger partial charge in [0, 0.05) is 35.2 Å². The molecule has 0 bridgehead atoms. The summed E-state index contributed by atoms with van der Waals surface area (Å²) in [5.41, 5.74) is 6.62. The van der Waals surface area contributed by atoms with Crippen molar-refractivity contribution in [2.24, 2.45) is 0 Å². The highest BCUT2D eigenvalue weighted by molar-refractivity contribution is 6.30. The number of piperidine rings is 1. The van der Waals surface area contributed by atoms with Gasteiger partial charge in [0.05, 0.1) is 11.4 Å². The first-order chi connectivity index (χ1) is 14.2. The summed E-state index contributed by atoms with van der Waals surface area (Å²) in [4.78, 5) is 2.58. The van der Waals surface area contributed by atoms with E-state index in [0.29, 0.717) is 5.92 Å².